The van der Waals surface area contributed by atoms with Crippen LogP contribution in [0.15, 0.2) is 23.3 Å². The predicted molar refractivity (Wildman–Crippen MR) is 73.2 cm³/mol. The second-order valence-corrected chi connectivity index (χ2v) is 5.64. The molecule has 0 unspecified atom stereocenters. The summed E-state index contributed by atoms with van der Waals surface area (Å²) < 4.78 is 51.0. The van der Waals surface area contributed by atoms with Crippen LogP contribution in [0.3, 0.4) is 0 Å². The zero-order valence-electron chi connectivity index (χ0n) is 12.5. The van der Waals surface area contributed by atoms with Gasteiger partial charge in [0, 0.05) is 5.56 Å². The maximum Gasteiger partial charge on any atom is 0.428 e. The molecule has 0 aliphatic rings. The van der Waals surface area contributed by atoms with Gasteiger partial charge in [-0.25, -0.2) is 9.18 Å². The number of halogens is 4. The van der Waals surface area contributed by atoms with Crippen molar-refractivity contribution < 1.29 is 27.5 Å². The molecule has 1 aromatic rings. The van der Waals surface area contributed by atoms with Crippen LogP contribution in [0.1, 0.15) is 38.8 Å². The van der Waals surface area contributed by atoms with Crippen molar-refractivity contribution in [1.82, 2.24) is 5.01 Å². The number of carboxylic acid groups (broad SMARTS) is 1. The summed E-state index contributed by atoms with van der Waals surface area (Å²) in [5.74, 6) is -1.43. The number of hydrogen-bond donors (Lipinski definition) is 1. The number of hydrogen-bond acceptors (Lipinski definition) is 2. The first kappa shape index (κ1) is 17.9. The Morgan fingerprint density at radius 3 is 2.14 bits per heavy atom. The molecular weight excluding hydrogens is 304 g/mol. The van der Waals surface area contributed by atoms with Gasteiger partial charge in [-0.3, -0.25) is 0 Å². The molecule has 0 spiro atoms. The van der Waals surface area contributed by atoms with E-state index in [0.717, 1.165) is 11.1 Å². The molecular formula is C14H16F4N2O2. The number of hydrazone groups is 1. The van der Waals surface area contributed by atoms with E-state index in [-0.39, 0.29) is 11.3 Å². The Hall–Kier alpha value is -2.12. The molecule has 0 atom stereocenters. The van der Waals surface area contributed by atoms with E-state index in [0.29, 0.717) is 12.1 Å². The first-order valence-corrected chi connectivity index (χ1v) is 6.29. The van der Waals surface area contributed by atoms with Crippen LogP contribution < -0.4 is 0 Å². The molecule has 0 radical (unpaired) electrons. The van der Waals surface area contributed by atoms with Crippen LogP contribution in [0.25, 0.3) is 0 Å². The fourth-order valence-corrected chi connectivity index (χ4v) is 1.66. The van der Waals surface area contributed by atoms with Gasteiger partial charge < -0.3 is 5.11 Å². The van der Waals surface area contributed by atoms with E-state index in [9.17, 15) is 22.4 Å². The lowest BCUT2D eigenvalue weighted by Gasteiger charge is -2.28. The molecule has 8 heteroatoms. The second-order valence-electron chi connectivity index (χ2n) is 5.64. The Bertz CT molecular complexity index is 604. The van der Waals surface area contributed by atoms with Crippen LogP contribution in [0.4, 0.5) is 22.4 Å². The topological polar surface area (TPSA) is 52.9 Å². The molecule has 0 fully saturated rings. The van der Waals surface area contributed by atoms with E-state index >= 15 is 0 Å². The van der Waals surface area contributed by atoms with Crippen LogP contribution in [0.2, 0.25) is 0 Å². The normalized spacial score (nSPS) is 13.2. The van der Waals surface area contributed by atoms with Gasteiger partial charge in [0.25, 0.3) is 0 Å². The van der Waals surface area contributed by atoms with E-state index < -0.39 is 29.2 Å². The third kappa shape index (κ3) is 4.19. The lowest BCUT2D eigenvalue weighted by Crippen LogP contribution is -2.41. The lowest BCUT2D eigenvalue weighted by molar-refractivity contribution is -0.140. The number of alkyl halides is 3. The zero-order chi connectivity index (χ0) is 17.3. The summed E-state index contributed by atoms with van der Waals surface area (Å²) in [6.07, 6.45) is -6.11. The monoisotopic (exact) mass is 320 g/mol. The molecule has 0 saturated carbocycles. The highest BCUT2D eigenvalue weighted by molar-refractivity contribution is 5.99. The van der Waals surface area contributed by atoms with Crippen molar-refractivity contribution in [2.45, 2.75) is 39.4 Å². The molecule has 0 saturated heterocycles. The number of benzene rings is 1. The first-order chi connectivity index (χ1) is 9.84. The van der Waals surface area contributed by atoms with Gasteiger partial charge in [0.05, 0.1) is 16.8 Å². The van der Waals surface area contributed by atoms with Gasteiger partial charge in [-0.1, -0.05) is 6.07 Å². The highest BCUT2D eigenvalue weighted by atomic mass is 19.4. The average molecular weight is 320 g/mol. The van der Waals surface area contributed by atoms with Crippen LogP contribution in [-0.4, -0.2) is 27.5 Å². The Morgan fingerprint density at radius 2 is 1.77 bits per heavy atom. The van der Waals surface area contributed by atoms with E-state index in [1.807, 2.05) is 0 Å². The van der Waals surface area contributed by atoms with Gasteiger partial charge in [0.2, 0.25) is 0 Å². The summed E-state index contributed by atoms with van der Waals surface area (Å²) in [4.78, 5) is 11.2. The maximum atomic E-state index is 13.5. The van der Waals surface area contributed by atoms with Crippen LogP contribution in [-0.2, 0) is 6.18 Å². The SMILES string of the molecule is C/C(=N/N(C(=O)O)C(C)(C)C)c1ccc(C(F)(F)F)c(F)c1. The smallest absolute Gasteiger partial charge is 0.428 e. The summed E-state index contributed by atoms with van der Waals surface area (Å²) in [5.41, 5.74) is -2.07. The quantitative estimate of drug-likeness (QED) is 0.500. The van der Waals surface area contributed by atoms with Gasteiger partial charge in [-0.2, -0.15) is 23.3 Å². The summed E-state index contributed by atoms with van der Waals surface area (Å²) in [6.45, 7) is 6.20. The minimum Gasteiger partial charge on any atom is -0.464 e. The van der Waals surface area contributed by atoms with Crippen molar-refractivity contribution in [3.05, 3.63) is 35.1 Å². The van der Waals surface area contributed by atoms with Gasteiger partial charge in [0.15, 0.2) is 0 Å². The molecule has 122 valence electrons. The first-order valence-electron chi connectivity index (χ1n) is 6.29. The van der Waals surface area contributed by atoms with Crippen molar-refractivity contribution in [3.63, 3.8) is 0 Å². The van der Waals surface area contributed by atoms with Gasteiger partial charge >= 0.3 is 12.3 Å². The molecule has 0 bridgehead atoms. The van der Waals surface area contributed by atoms with E-state index in [2.05, 4.69) is 5.10 Å². The Kier molecular flexibility index (Phi) is 4.84. The molecule has 0 aliphatic heterocycles. The lowest BCUT2D eigenvalue weighted by atomic mass is 10.1. The second kappa shape index (κ2) is 5.94. The minimum atomic E-state index is -4.79. The summed E-state index contributed by atoms with van der Waals surface area (Å²) in [6, 6.07) is 2.34. The highest BCUT2D eigenvalue weighted by Crippen LogP contribution is 2.31. The predicted octanol–water partition coefficient (Wildman–Crippen LogP) is 4.35. The van der Waals surface area contributed by atoms with Gasteiger partial charge in [-0.15, -0.1) is 0 Å². The fourth-order valence-electron chi connectivity index (χ4n) is 1.66. The fraction of sp³-hybridized carbons (Fsp3) is 0.429. The van der Waals surface area contributed by atoms with E-state index in [1.54, 1.807) is 20.8 Å². The third-order valence-corrected chi connectivity index (χ3v) is 2.76. The number of carbonyl (C=O) groups is 1. The standard InChI is InChI=1S/C14H16F4N2O2/c1-8(19-20(12(21)22)13(2,3)4)9-5-6-10(11(15)7-9)14(16,17)18/h5-7H,1-4H3,(H,21,22)/b19-8-. The van der Waals surface area contributed by atoms with Gasteiger partial charge in [0.1, 0.15) is 5.82 Å². The molecule has 22 heavy (non-hydrogen) atoms. The van der Waals surface area contributed by atoms with Crippen LogP contribution in [0.5, 0.6) is 0 Å². The minimum absolute atomic E-state index is 0.0704. The molecule has 0 aromatic heterocycles. The summed E-state index contributed by atoms with van der Waals surface area (Å²) >= 11 is 0. The summed E-state index contributed by atoms with van der Waals surface area (Å²) in [7, 11) is 0. The molecule has 1 aromatic carbocycles. The Labute approximate surface area is 125 Å². The van der Waals surface area contributed by atoms with Gasteiger partial charge in [-0.05, 0) is 39.8 Å². The van der Waals surface area contributed by atoms with E-state index in [4.69, 9.17) is 5.11 Å². The van der Waals surface area contributed by atoms with Crippen molar-refractivity contribution in [2.75, 3.05) is 0 Å². The van der Waals surface area contributed by atoms with Crippen molar-refractivity contribution >= 4 is 11.8 Å². The largest absolute Gasteiger partial charge is 0.464 e. The number of amides is 1. The van der Waals surface area contributed by atoms with Crippen LogP contribution >= 0.6 is 0 Å². The van der Waals surface area contributed by atoms with Crippen LogP contribution in [0, 0.1) is 5.82 Å². The highest BCUT2D eigenvalue weighted by Gasteiger charge is 2.34. The number of rotatable bonds is 2. The molecule has 4 nitrogen and oxygen atoms in total. The molecule has 0 aliphatic carbocycles. The van der Waals surface area contributed by atoms with E-state index in [1.165, 1.54) is 6.92 Å². The maximum absolute atomic E-state index is 13.5. The zero-order valence-corrected chi connectivity index (χ0v) is 12.5. The van der Waals surface area contributed by atoms with Crippen molar-refractivity contribution in [1.29, 1.82) is 0 Å². The molecule has 0 heterocycles. The third-order valence-electron chi connectivity index (χ3n) is 2.76. The number of nitrogens with zero attached hydrogens (tertiary/aromatic N) is 2. The van der Waals surface area contributed by atoms with Crippen molar-refractivity contribution in [3.8, 4) is 0 Å². The molecule has 1 rings (SSSR count). The Morgan fingerprint density at radius 1 is 1.23 bits per heavy atom. The Balaban J connectivity index is 3.23. The average Bonchev–Trinajstić information content (AvgIpc) is 2.31. The molecule has 1 amide bonds. The summed E-state index contributed by atoms with van der Waals surface area (Å²) in [5, 5.41) is 13.7. The van der Waals surface area contributed by atoms with Crippen molar-refractivity contribution in [2.24, 2.45) is 5.10 Å². The molecule has 1 N–H and O–H groups in total.